The van der Waals surface area contributed by atoms with Gasteiger partial charge in [-0.15, -0.1) is 0 Å². The molecule has 0 aliphatic carbocycles. The molecule has 1 heterocycles. The van der Waals surface area contributed by atoms with E-state index in [2.05, 4.69) is 10.5 Å². The molecule has 1 aromatic carbocycles. The van der Waals surface area contributed by atoms with E-state index in [1.54, 1.807) is 7.11 Å². The van der Waals surface area contributed by atoms with Crippen LogP contribution in [0.5, 0.6) is 5.75 Å². The van der Waals surface area contributed by atoms with Gasteiger partial charge in [0.1, 0.15) is 5.75 Å². The highest BCUT2D eigenvalue weighted by Crippen LogP contribution is 2.28. The highest BCUT2D eigenvalue weighted by molar-refractivity contribution is 6.35. The molecule has 0 bridgehead atoms. The van der Waals surface area contributed by atoms with Gasteiger partial charge in [0.15, 0.2) is 0 Å². The van der Waals surface area contributed by atoms with Gasteiger partial charge in [0, 0.05) is 35.7 Å². The molecule has 0 atom stereocenters. The normalized spacial score (nSPS) is 10.9. The summed E-state index contributed by atoms with van der Waals surface area (Å²) < 4.78 is 7.22. The Bertz CT molecular complexity index is 901. The molecule has 0 aliphatic rings. The van der Waals surface area contributed by atoms with Crippen LogP contribution in [0, 0.1) is 13.8 Å². The number of likely N-dealkylation sites (N-methyl/N-ethyl adjacent to an activating group) is 1. The number of amides is 2. The zero-order chi connectivity index (χ0) is 20.8. The third-order valence-corrected chi connectivity index (χ3v) is 4.77. The third kappa shape index (κ3) is 4.54. The molecular formula is C20H25ClN4O3. The Morgan fingerprint density at radius 2 is 1.93 bits per heavy atom. The Balaban J connectivity index is 2.20. The molecule has 0 fully saturated rings. The molecule has 2 rings (SSSR count). The number of hydrogen-bond donors (Lipinski definition) is 1. The highest BCUT2D eigenvalue weighted by atomic mass is 35.5. The first-order valence-electron chi connectivity index (χ1n) is 8.99. The number of halogens is 1. The molecule has 0 saturated carbocycles. The van der Waals surface area contributed by atoms with Gasteiger partial charge in [-0.25, -0.2) is 5.43 Å². The predicted molar refractivity (Wildman–Crippen MR) is 110 cm³/mol. The fraction of sp³-hybridized carbons (Fsp3) is 0.350. The van der Waals surface area contributed by atoms with Gasteiger partial charge in [-0.2, -0.15) is 5.10 Å². The van der Waals surface area contributed by atoms with Crippen molar-refractivity contribution in [3.05, 3.63) is 46.2 Å². The van der Waals surface area contributed by atoms with Crippen molar-refractivity contribution in [1.29, 1.82) is 0 Å². The molecule has 0 aliphatic heterocycles. The van der Waals surface area contributed by atoms with Gasteiger partial charge in [0.2, 0.25) is 0 Å². The first-order valence-corrected chi connectivity index (χ1v) is 9.36. The van der Waals surface area contributed by atoms with Crippen LogP contribution in [0.4, 0.5) is 0 Å². The second-order valence-corrected chi connectivity index (χ2v) is 6.56. The average molecular weight is 405 g/mol. The lowest BCUT2D eigenvalue weighted by molar-refractivity contribution is -0.145. The number of nitrogens with zero attached hydrogens (tertiary/aromatic N) is 3. The fourth-order valence-corrected chi connectivity index (χ4v) is 3.22. The predicted octanol–water partition coefficient (Wildman–Crippen LogP) is 3.07. The van der Waals surface area contributed by atoms with E-state index in [1.807, 2.05) is 56.5 Å². The van der Waals surface area contributed by atoms with E-state index in [0.29, 0.717) is 23.9 Å². The Morgan fingerprint density at radius 1 is 1.25 bits per heavy atom. The number of benzene rings is 1. The molecule has 8 heteroatoms. The van der Waals surface area contributed by atoms with Gasteiger partial charge in [0.25, 0.3) is 0 Å². The first-order chi connectivity index (χ1) is 13.3. The van der Waals surface area contributed by atoms with Crippen molar-refractivity contribution in [1.82, 2.24) is 14.9 Å². The number of rotatable bonds is 6. The molecule has 0 saturated heterocycles. The summed E-state index contributed by atoms with van der Waals surface area (Å²) in [6.45, 7) is 8.48. The molecule has 7 nitrogen and oxygen atoms in total. The minimum absolute atomic E-state index is 0.470. The standard InChI is InChI=1S/C20H25ClN4O3/c1-6-24(7-2)20(27)19(26)23-22-12-15-10-13(3)25(14(15)4)16-8-9-18(28-5)17(21)11-16/h8-12H,6-7H2,1-5H3,(H,23,26)/b22-12+. The summed E-state index contributed by atoms with van der Waals surface area (Å²) in [7, 11) is 1.57. The van der Waals surface area contributed by atoms with Crippen LogP contribution in [0.3, 0.4) is 0 Å². The Kier molecular flexibility index (Phi) is 7.23. The quantitative estimate of drug-likeness (QED) is 0.456. The Hall–Kier alpha value is -2.80. The molecule has 2 aromatic rings. The van der Waals surface area contributed by atoms with Gasteiger partial charge in [-0.3, -0.25) is 9.59 Å². The Labute approximate surface area is 169 Å². The largest absolute Gasteiger partial charge is 0.495 e. The monoisotopic (exact) mass is 404 g/mol. The van der Waals surface area contributed by atoms with Crippen LogP contribution in [0.25, 0.3) is 5.69 Å². The third-order valence-electron chi connectivity index (χ3n) is 4.48. The van der Waals surface area contributed by atoms with E-state index in [9.17, 15) is 9.59 Å². The molecule has 2 amide bonds. The SMILES string of the molecule is CCN(CC)C(=O)C(=O)N/N=C/c1cc(C)n(-c2ccc(OC)c(Cl)c2)c1C. The lowest BCUT2D eigenvalue weighted by Crippen LogP contribution is -2.41. The molecule has 0 unspecified atom stereocenters. The first kappa shape index (κ1) is 21.5. The van der Waals surface area contributed by atoms with Crippen LogP contribution in [0.15, 0.2) is 29.4 Å². The molecule has 28 heavy (non-hydrogen) atoms. The number of aromatic nitrogens is 1. The van der Waals surface area contributed by atoms with Crippen LogP contribution in [0.1, 0.15) is 30.8 Å². The maximum atomic E-state index is 12.0. The van der Waals surface area contributed by atoms with Crippen LogP contribution in [-0.4, -0.2) is 47.7 Å². The summed E-state index contributed by atoms with van der Waals surface area (Å²) in [6.07, 6.45) is 1.53. The number of hydrogen-bond acceptors (Lipinski definition) is 4. The molecule has 150 valence electrons. The van der Waals surface area contributed by atoms with Crippen LogP contribution in [-0.2, 0) is 9.59 Å². The van der Waals surface area contributed by atoms with Crippen LogP contribution >= 0.6 is 11.6 Å². The summed E-state index contributed by atoms with van der Waals surface area (Å²) in [5, 5.41) is 4.45. The van der Waals surface area contributed by atoms with E-state index in [-0.39, 0.29) is 0 Å². The van der Waals surface area contributed by atoms with Crippen molar-refractivity contribution in [3.63, 3.8) is 0 Å². The molecular weight excluding hydrogens is 380 g/mol. The second kappa shape index (κ2) is 9.41. The number of nitrogens with one attached hydrogen (secondary N) is 1. The van der Waals surface area contributed by atoms with E-state index in [0.717, 1.165) is 22.6 Å². The zero-order valence-electron chi connectivity index (χ0n) is 16.7. The summed E-state index contributed by atoms with van der Waals surface area (Å²) in [5.41, 5.74) is 5.90. The maximum absolute atomic E-state index is 12.0. The summed E-state index contributed by atoms with van der Waals surface area (Å²) in [4.78, 5) is 25.3. The van der Waals surface area contributed by atoms with Crippen molar-refractivity contribution in [3.8, 4) is 11.4 Å². The average Bonchev–Trinajstić information content (AvgIpc) is 2.95. The van der Waals surface area contributed by atoms with Crippen molar-refractivity contribution in [2.75, 3.05) is 20.2 Å². The van der Waals surface area contributed by atoms with Crippen molar-refractivity contribution < 1.29 is 14.3 Å². The number of methoxy groups -OCH3 is 1. The van der Waals surface area contributed by atoms with E-state index in [4.69, 9.17) is 16.3 Å². The summed E-state index contributed by atoms with van der Waals surface area (Å²) in [6, 6.07) is 7.49. The minimum Gasteiger partial charge on any atom is -0.495 e. The highest BCUT2D eigenvalue weighted by Gasteiger charge is 2.18. The number of carbonyl (C=O) groups excluding carboxylic acids is 2. The van der Waals surface area contributed by atoms with Gasteiger partial charge in [-0.1, -0.05) is 11.6 Å². The van der Waals surface area contributed by atoms with Crippen LogP contribution < -0.4 is 10.2 Å². The number of aryl methyl sites for hydroxylation is 1. The lowest BCUT2D eigenvalue weighted by atomic mass is 10.2. The second-order valence-electron chi connectivity index (χ2n) is 6.16. The Morgan fingerprint density at radius 3 is 2.50 bits per heavy atom. The molecule has 1 aromatic heterocycles. The molecule has 0 spiro atoms. The van der Waals surface area contributed by atoms with E-state index < -0.39 is 11.8 Å². The fourth-order valence-electron chi connectivity index (χ4n) is 2.97. The van der Waals surface area contributed by atoms with Crippen molar-refractivity contribution in [2.45, 2.75) is 27.7 Å². The number of ether oxygens (including phenoxy) is 1. The lowest BCUT2D eigenvalue weighted by Gasteiger charge is -2.16. The summed E-state index contributed by atoms with van der Waals surface area (Å²) in [5.74, 6) is -0.744. The maximum Gasteiger partial charge on any atom is 0.329 e. The summed E-state index contributed by atoms with van der Waals surface area (Å²) >= 11 is 6.24. The van der Waals surface area contributed by atoms with Crippen LogP contribution in [0.2, 0.25) is 5.02 Å². The van der Waals surface area contributed by atoms with Gasteiger partial charge in [-0.05, 0) is 52.0 Å². The van der Waals surface area contributed by atoms with Gasteiger partial charge < -0.3 is 14.2 Å². The zero-order valence-corrected chi connectivity index (χ0v) is 17.5. The van der Waals surface area contributed by atoms with Gasteiger partial charge >= 0.3 is 11.8 Å². The minimum atomic E-state index is -0.754. The molecule has 0 radical (unpaired) electrons. The van der Waals surface area contributed by atoms with Crippen molar-refractivity contribution >= 4 is 29.6 Å². The number of carbonyl (C=O) groups is 2. The van der Waals surface area contributed by atoms with Crippen molar-refractivity contribution in [2.24, 2.45) is 5.10 Å². The topological polar surface area (TPSA) is 75.9 Å². The van der Waals surface area contributed by atoms with Gasteiger partial charge in [0.05, 0.1) is 18.3 Å². The van der Waals surface area contributed by atoms with E-state index >= 15 is 0 Å². The van der Waals surface area contributed by atoms with E-state index in [1.165, 1.54) is 11.1 Å². The number of hydrazone groups is 1. The molecule has 1 N–H and O–H groups in total. The smallest absolute Gasteiger partial charge is 0.329 e.